The third-order valence-corrected chi connectivity index (χ3v) is 3.80. The number of aromatic nitrogens is 1. The van der Waals surface area contributed by atoms with Gasteiger partial charge in [0.25, 0.3) is 0 Å². The molecule has 0 spiro atoms. The van der Waals surface area contributed by atoms with Gasteiger partial charge in [0.2, 0.25) is 0 Å². The number of thiazole rings is 1. The van der Waals surface area contributed by atoms with Gasteiger partial charge in [0.05, 0.1) is 5.69 Å². The van der Waals surface area contributed by atoms with Crippen molar-refractivity contribution in [3.05, 3.63) is 10.6 Å². The quantitative estimate of drug-likeness (QED) is 0.787. The Hall–Kier alpha value is -0.610. The summed E-state index contributed by atoms with van der Waals surface area (Å²) in [5.41, 5.74) is 6.95. The highest BCUT2D eigenvalue weighted by Crippen LogP contribution is 2.33. The summed E-state index contributed by atoms with van der Waals surface area (Å²) in [6, 6.07) is 0.578. The Morgan fingerprint density at radius 2 is 2.43 bits per heavy atom. The van der Waals surface area contributed by atoms with Crippen LogP contribution in [-0.4, -0.2) is 11.0 Å². The first-order valence-corrected chi connectivity index (χ1v) is 6.02. The van der Waals surface area contributed by atoms with Gasteiger partial charge >= 0.3 is 0 Å². The van der Waals surface area contributed by atoms with Gasteiger partial charge in [-0.15, -0.1) is 11.3 Å². The molecule has 0 aliphatic carbocycles. The van der Waals surface area contributed by atoms with E-state index < -0.39 is 0 Å². The third kappa shape index (κ3) is 1.64. The fraction of sp³-hybridized carbons (Fsp3) is 0.700. The molecule has 3 N–H and O–H groups in total. The molecule has 0 unspecified atom stereocenters. The van der Waals surface area contributed by atoms with Crippen LogP contribution in [0.5, 0.6) is 0 Å². The molecular weight excluding hydrogens is 194 g/mol. The lowest BCUT2D eigenvalue weighted by molar-refractivity contribution is 0.392. The van der Waals surface area contributed by atoms with Crippen LogP contribution in [0.2, 0.25) is 0 Å². The van der Waals surface area contributed by atoms with E-state index in [1.807, 2.05) is 0 Å². The normalized spacial score (nSPS) is 26.1. The first kappa shape index (κ1) is 9.93. The summed E-state index contributed by atoms with van der Waals surface area (Å²) in [6.07, 6.45) is 2.44. The van der Waals surface area contributed by atoms with E-state index in [0.29, 0.717) is 17.1 Å². The molecule has 14 heavy (non-hydrogen) atoms. The summed E-state index contributed by atoms with van der Waals surface area (Å²) in [5, 5.41) is 4.26. The first-order valence-electron chi connectivity index (χ1n) is 5.20. The Balaban J connectivity index is 2.22. The van der Waals surface area contributed by atoms with E-state index in [-0.39, 0.29) is 0 Å². The summed E-state index contributed by atoms with van der Waals surface area (Å²) < 4.78 is 0. The summed E-state index contributed by atoms with van der Waals surface area (Å²) in [6.45, 7) is 5.41. The lowest BCUT2D eigenvalue weighted by Gasteiger charge is -2.28. The van der Waals surface area contributed by atoms with Crippen molar-refractivity contribution in [2.45, 2.75) is 45.2 Å². The molecule has 78 valence electrons. The molecule has 0 amide bonds. The van der Waals surface area contributed by atoms with Crippen LogP contribution in [0.3, 0.4) is 0 Å². The summed E-state index contributed by atoms with van der Waals surface area (Å²) in [5.74, 6) is 0.507. The van der Waals surface area contributed by atoms with Gasteiger partial charge < -0.3 is 11.1 Å². The fourth-order valence-electron chi connectivity index (χ4n) is 2.12. The van der Waals surface area contributed by atoms with Crippen molar-refractivity contribution in [1.82, 2.24) is 10.3 Å². The first-order chi connectivity index (χ1) is 6.72. The maximum atomic E-state index is 5.72. The van der Waals surface area contributed by atoms with E-state index in [2.05, 4.69) is 24.1 Å². The number of rotatable bonds is 2. The van der Waals surface area contributed by atoms with Crippen molar-refractivity contribution >= 4 is 16.5 Å². The molecular formula is C10H17N3S. The zero-order chi connectivity index (χ0) is 10.1. The highest BCUT2D eigenvalue weighted by Gasteiger charge is 2.27. The van der Waals surface area contributed by atoms with E-state index in [9.17, 15) is 0 Å². The Kier molecular flexibility index (Phi) is 2.74. The molecule has 1 aliphatic rings. The Morgan fingerprint density at radius 3 is 3.14 bits per heavy atom. The molecule has 1 aromatic heterocycles. The van der Waals surface area contributed by atoms with Crippen LogP contribution in [0.25, 0.3) is 0 Å². The molecule has 1 aliphatic heterocycles. The highest BCUT2D eigenvalue weighted by atomic mass is 32.1. The molecule has 3 nitrogen and oxygen atoms in total. The van der Waals surface area contributed by atoms with Crippen molar-refractivity contribution in [2.24, 2.45) is 0 Å². The molecule has 0 saturated heterocycles. The number of hydrogen-bond acceptors (Lipinski definition) is 4. The predicted octanol–water partition coefficient (Wildman–Crippen LogP) is 2.10. The van der Waals surface area contributed by atoms with Crippen molar-refractivity contribution in [3.8, 4) is 0 Å². The second-order valence-electron chi connectivity index (χ2n) is 3.93. The molecule has 2 rings (SSSR count). The molecule has 2 atom stereocenters. The van der Waals surface area contributed by atoms with E-state index in [1.165, 1.54) is 23.4 Å². The third-order valence-electron chi connectivity index (χ3n) is 2.90. The van der Waals surface area contributed by atoms with Crippen LogP contribution in [0.4, 0.5) is 5.13 Å². The number of anilines is 1. The number of hydrogen-bond donors (Lipinski definition) is 2. The Labute approximate surface area is 88.7 Å². The Morgan fingerprint density at radius 1 is 1.64 bits per heavy atom. The number of nitrogens with one attached hydrogen (secondary N) is 1. The molecule has 0 aromatic carbocycles. The van der Waals surface area contributed by atoms with Crippen LogP contribution in [0.15, 0.2) is 0 Å². The lowest BCUT2D eigenvalue weighted by atomic mass is 9.91. The number of fused-ring (bicyclic) bond motifs is 1. The Bertz CT molecular complexity index is 321. The van der Waals surface area contributed by atoms with Crippen molar-refractivity contribution in [1.29, 1.82) is 0 Å². The zero-order valence-corrected chi connectivity index (χ0v) is 9.53. The smallest absolute Gasteiger partial charge is 0.180 e. The standard InChI is InChI=1S/C10H17N3S/c1-3-4-7-6(2)9-8(5-12-7)14-10(11)13-9/h6-7,12H,3-5H2,1-2H3,(H2,11,13)/t6-,7+/m1/s1. The number of nitrogens with two attached hydrogens (primary N) is 1. The molecule has 1 aromatic rings. The molecule has 0 bridgehead atoms. The van der Waals surface area contributed by atoms with Crippen molar-refractivity contribution in [2.75, 3.05) is 5.73 Å². The lowest BCUT2D eigenvalue weighted by Crippen LogP contribution is -2.37. The van der Waals surface area contributed by atoms with Gasteiger partial charge in [-0.25, -0.2) is 4.98 Å². The van der Waals surface area contributed by atoms with Gasteiger partial charge in [0, 0.05) is 23.4 Å². The second kappa shape index (κ2) is 3.87. The minimum atomic E-state index is 0.507. The van der Waals surface area contributed by atoms with Crippen LogP contribution < -0.4 is 11.1 Å². The van der Waals surface area contributed by atoms with Gasteiger partial charge in [0.15, 0.2) is 5.13 Å². The zero-order valence-electron chi connectivity index (χ0n) is 8.71. The van der Waals surface area contributed by atoms with E-state index in [0.717, 1.165) is 6.54 Å². The van der Waals surface area contributed by atoms with Crippen LogP contribution >= 0.6 is 11.3 Å². The monoisotopic (exact) mass is 211 g/mol. The number of nitrogens with zero attached hydrogens (tertiary/aromatic N) is 1. The van der Waals surface area contributed by atoms with Crippen molar-refractivity contribution in [3.63, 3.8) is 0 Å². The van der Waals surface area contributed by atoms with Gasteiger partial charge in [-0.2, -0.15) is 0 Å². The average molecular weight is 211 g/mol. The van der Waals surface area contributed by atoms with Crippen LogP contribution in [0.1, 0.15) is 43.2 Å². The fourth-order valence-corrected chi connectivity index (χ4v) is 3.01. The maximum absolute atomic E-state index is 5.72. The summed E-state index contributed by atoms with van der Waals surface area (Å²) in [4.78, 5) is 5.74. The highest BCUT2D eigenvalue weighted by molar-refractivity contribution is 7.15. The van der Waals surface area contributed by atoms with E-state index in [1.54, 1.807) is 11.3 Å². The van der Waals surface area contributed by atoms with Crippen LogP contribution in [0, 0.1) is 0 Å². The van der Waals surface area contributed by atoms with Gasteiger partial charge in [-0.3, -0.25) is 0 Å². The van der Waals surface area contributed by atoms with Crippen LogP contribution in [-0.2, 0) is 6.54 Å². The van der Waals surface area contributed by atoms with Gasteiger partial charge in [-0.1, -0.05) is 20.3 Å². The topological polar surface area (TPSA) is 50.9 Å². The summed E-state index contributed by atoms with van der Waals surface area (Å²) in [7, 11) is 0. The maximum Gasteiger partial charge on any atom is 0.180 e. The molecule has 0 saturated carbocycles. The molecule has 0 fully saturated rings. The molecule has 0 radical (unpaired) electrons. The van der Waals surface area contributed by atoms with E-state index >= 15 is 0 Å². The molecule has 2 heterocycles. The predicted molar refractivity (Wildman–Crippen MR) is 60.5 cm³/mol. The van der Waals surface area contributed by atoms with Gasteiger partial charge in [0.1, 0.15) is 0 Å². The van der Waals surface area contributed by atoms with Gasteiger partial charge in [-0.05, 0) is 6.42 Å². The van der Waals surface area contributed by atoms with Crippen molar-refractivity contribution < 1.29 is 0 Å². The average Bonchev–Trinajstić information content (AvgIpc) is 2.52. The van der Waals surface area contributed by atoms with E-state index in [4.69, 9.17) is 5.73 Å². The largest absolute Gasteiger partial charge is 0.375 e. The minimum Gasteiger partial charge on any atom is -0.375 e. The SMILES string of the molecule is CCC[C@@H]1NCc2sc(N)nc2[C@@H]1C. The summed E-state index contributed by atoms with van der Waals surface area (Å²) >= 11 is 1.62. The molecule has 4 heteroatoms. The second-order valence-corrected chi connectivity index (χ2v) is 5.04. The minimum absolute atomic E-state index is 0.507. The number of nitrogen functional groups attached to an aromatic ring is 1.